The first-order valence-electron chi connectivity index (χ1n) is 10.5. The number of aryl methyl sites for hydroxylation is 4. The number of nitrogens with zero attached hydrogens (tertiary/aromatic N) is 2. The maximum absolute atomic E-state index is 12.4. The molecule has 2 aromatic carbocycles. The molecule has 0 aliphatic carbocycles. The van der Waals surface area contributed by atoms with Gasteiger partial charge in [-0.05, 0) is 50.5 Å². The summed E-state index contributed by atoms with van der Waals surface area (Å²) >= 11 is 0. The van der Waals surface area contributed by atoms with Crippen LogP contribution in [0, 0.1) is 27.7 Å². The van der Waals surface area contributed by atoms with E-state index in [1.807, 2.05) is 45.0 Å². The minimum absolute atomic E-state index is 0.101. The maximum atomic E-state index is 12.4. The van der Waals surface area contributed by atoms with Crippen LogP contribution >= 0.6 is 0 Å². The summed E-state index contributed by atoms with van der Waals surface area (Å²) in [6.45, 7) is 7.53. The molecule has 170 valence electrons. The van der Waals surface area contributed by atoms with Gasteiger partial charge in [-0.1, -0.05) is 24.3 Å². The molecular formula is C25H25N3O5. The van der Waals surface area contributed by atoms with Gasteiger partial charge in [-0.2, -0.15) is 0 Å². The lowest BCUT2D eigenvalue weighted by molar-refractivity contribution is -0.118. The van der Waals surface area contributed by atoms with E-state index in [0.29, 0.717) is 34.3 Å². The van der Waals surface area contributed by atoms with Crippen molar-refractivity contribution in [2.75, 3.05) is 11.9 Å². The summed E-state index contributed by atoms with van der Waals surface area (Å²) in [7, 11) is 0. The quantitative estimate of drug-likeness (QED) is 0.458. The molecule has 4 aromatic rings. The third kappa shape index (κ3) is 5.06. The molecule has 0 aliphatic rings. The van der Waals surface area contributed by atoms with Crippen LogP contribution < -0.4 is 20.3 Å². The first kappa shape index (κ1) is 22.1. The fourth-order valence-electron chi connectivity index (χ4n) is 3.49. The molecule has 33 heavy (non-hydrogen) atoms. The van der Waals surface area contributed by atoms with Crippen LogP contribution in [-0.4, -0.2) is 22.1 Å². The number of carbonyl (C=O) groups is 1. The largest absolute Gasteiger partial charge is 0.487 e. The van der Waals surface area contributed by atoms with E-state index in [2.05, 4.69) is 10.3 Å². The highest BCUT2D eigenvalue weighted by Gasteiger charge is 2.11. The van der Waals surface area contributed by atoms with Crippen LogP contribution in [0.15, 0.2) is 57.8 Å². The van der Waals surface area contributed by atoms with E-state index in [-0.39, 0.29) is 24.7 Å². The van der Waals surface area contributed by atoms with Gasteiger partial charge in [-0.15, -0.1) is 4.57 Å². The Kier molecular flexibility index (Phi) is 6.17. The zero-order valence-corrected chi connectivity index (χ0v) is 19.0. The molecule has 8 heteroatoms. The van der Waals surface area contributed by atoms with Gasteiger partial charge in [0.05, 0.1) is 5.69 Å². The molecule has 8 nitrogen and oxygen atoms in total. The fraction of sp³-hybridized carbons (Fsp3) is 0.240. The van der Waals surface area contributed by atoms with Crippen LogP contribution in [0.4, 0.5) is 5.69 Å². The number of nitrogens with one attached hydrogen (secondary N) is 1. The number of carbonyl (C=O) groups excluding carboxylic acids is 1. The smallest absolute Gasteiger partial charge is 0.287 e. The van der Waals surface area contributed by atoms with Gasteiger partial charge >= 0.3 is 0 Å². The SMILES string of the molecule is Cc1cc2nc(COc3cc(NC(=O)COc4c(C)cccc4C)ccc3C)cc(=O)n2o1. The normalized spacial score (nSPS) is 10.9. The molecule has 0 aliphatic heterocycles. The van der Waals surface area contributed by atoms with Gasteiger partial charge < -0.3 is 19.3 Å². The average molecular weight is 447 g/mol. The van der Waals surface area contributed by atoms with E-state index in [0.717, 1.165) is 21.3 Å². The lowest BCUT2D eigenvalue weighted by Crippen LogP contribution is -2.20. The first-order chi connectivity index (χ1) is 15.8. The number of hydrogen-bond donors (Lipinski definition) is 1. The van der Waals surface area contributed by atoms with Crippen LogP contribution in [0.25, 0.3) is 5.65 Å². The zero-order chi connectivity index (χ0) is 23.5. The number of anilines is 1. The monoisotopic (exact) mass is 447 g/mol. The van der Waals surface area contributed by atoms with Crippen molar-refractivity contribution in [1.82, 2.24) is 9.56 Å². The molecule has 1 amide bonds. The van der Waals surface area contributed by atoms with E-state index < -0.39 is 0 Å². The summed E-state index contributed by atoms with van der Waals surface area (Å²) < 4.78 is 18.1. The number of hydrogen-bond acceptors (Lipinski definition) is 6. The Morgan fingerprint density at radius 3 is 2.52 bits per heavy atom. The predicted molar refractivity (Wildman–Crippen MR) is 124 cm³/mol. The molecule has 0 radical (unpaired) electrons. The minimum atomic E-state index is -0.312. The van der Waals surface area contributed by atoms with Gasteiger partial charge in [-0.3, -0.25) is 9.59 Å². The number of ether oxygens (including phenoxy) is 2. The summed E-state index contributed by atoms with van der Waals surface area (Å²) in [5.74, 6) is 1.61. The second kappa shape index (κ2) is 9.20. The second-order valence-corrected chi connectivity index (χ2v) is 7.91. The van der Waals surface area contributed by atoms with Gasteiger partial charge in [0.1, 0.15) is 23.9 Å². The van der Waals surface area contributed by atoms with Crippen molar-refractivity contribution in [2.24, 2.45) is 0 Å². The van der Waals surface area contributed by atoms with Gasteiger partial charge in [0.25, 0.3) is 11.5 Å². The minimum Gasteiger partial charge on any atom is -0.487 e. The number of para-hydroxylation sites is 1. The number of rotatable bonds is 7. The molecule has 4 rings (SSSR count). The number of fused-ring (bicyclic) bond motifs is 1. The Morgan fingerprint density at radius 1 is 1.00 bits per heavy atom. The predicted octanol–water partition coefficient (Wildman–Crippen LogP) is 4.12. The van der Waals surface area contributed by atoms with Crippen molar-refractivity contribution in [1.29, 1.82) is 0 Å². The Hall–Kier alpha value is -4.07. The third-order valence-corrected chi connectivity index (χ3v) is 5.13. The van der Waals surface area contributed by atoms with E-state index in [1.54, 1.807) is 25.1 Å². The molecule has 0 fully saturated rings. The maximum Gasteiger partial charge on any atom is 0.287 e. The summed E-state index contributed by atoms with van der Waals surface area (Å²) in [4.78, 5) is 29.0. The van der Waals surface area contributed by atoms with Crippen LogP contribution in [0.1, 0.15) is 28.1 Å². The summed E-state index contributed by atoms with van der Waals surface area (Å²) in [6.07, 6.45) is 0. The lowest BCUT2D eigenvalue weighted by atomic mass is 10.1. The van der Waals surface area contributed by atoms with E-state index >= 15 is 0 Å². The van der Waals surface area contributed by atoms with E-state index in [9.17, 15) is 9.59 Å². The Balaban J connectivity index is 1.41. The van der Waals surface area contributed by atoms with Gasteiger partial charge in [0, 0.05) is 23.9 Å². The molecule has 0 bridgehead atoms. The zero-order valence-electron chi connectivity index (χ0n) is 19.0. The first-order valence-corrected chi connectivity index (χ1v) is 10.5. The molecule has 0 spiro atoms. The van der Waals surface area contributed by atoms with Gasteiger partial charge in [0.15, 0.2) is 12.3 Å². The second-order valence-electron chi connectivity index (χ2n) is 7.91. The summed E-state index contributed by atoms with van der Waals surface area (Å²) in [6, 6.07) is 14.3. The molecule has 2 aromatic heterocycles. The fourth-order valence-corrected chi connectivity index (χ4v) is 3.49. The molecule has 0 saturated heterocycles. The standard InChI is InChI=1S/C25H25N3O5/c1-15-8-9-19(27-23(29)14-32-25-16(2)6-5-7-17(25)3)11-21(15)31-13-20-12-24(30)28-22(26-20)10-18(4)33-28/h5-12H,13-14H2,1-4H3,(H,27,29). The van der Waals surface area contributed by atoms with Gasteiger partial charge in [0.2, 0.25) is 0 Å². The lowest BCUT2D eigenvalue weighted by Gasteiger charge is -2.13. The Morgan fingerprint density at radius 2 is 1.76 bits per heavy atom. The summed E-state index contributed by atoms with van der Waals surface area (Å²) in [5.41, 5.74) is 4.03. The molecule has 0 unspecified atom stereocenters. The molecule has 0 atom stereocenters. The number of aromatic nitrogens is 2. The van der Waals surface area contributed by atoms with Crippen LogP contribution in [0.3, 0.4) is 0 Å². The Labute approximate surface area is 190 Å². The van der Waals surface area contributed by atoms with Crippen LogP contribution in [0.5, 0.6) is 11.5 Å². The summed E-state index contributed by atoms with van der Waals surface area (Å²) in [5, 5.41) is 2.83. The highest BCUT2D eigenvalue weighted by molar-refractivity contribution is 5.92. The van der Waals surface area contributed by atoms with Crippen molar-refractivity contribution in [3.8, 4) is 11.5 Å². The van der Waals surface area contributed by atoms with Crippen molar-refractivity contribution in [2.45, 2.75) is 34.3 Å². The van der Waals surface area contributed by atoms with Crippen LogP contribution in [-0.2, 0) is 11.4 Å². The number of amides is 1. The number of benzene rings is 2. The topological polar surface area (TPSA) is 95.1 Å². The highest BCUT2D eigenvalue weighted by atomic mass is 16.5. The average Bonchev–Trinajstić information content (AvgIpc) is 3.14. The molecule has 1 N–H and O–H groups in total. The van der Waals surface area contributed by atoms with Crippen LogP contribution in [0.2, 0.25) is 0 Å². The van der Waals surface area contributed by atoms with E-state index in [1.165, 1.54) is 6.07 Å². The highest BCUT2D eigenvalue weighted by Crippen LogP contribution is 2.24. The van der Waals surface area contributed by atoms with Gasteiger partial charge in [-0.25, -0.2) is 4.98 Å². The molecule has 0 saturated carbocycles. The third-order valence-electron chi connectivity index (χ3n) is 5.13. The van der Waals surface area contributed by atoms with Crippen molar-refractivity contribution < 1.29 is 18.8 Å². The van der Waals surface area contributed by atoms with Crippen molar-refractivity contribution in [3.05, 3.63) is 87.0 Å². The van der Waals surface area contributed by atoms with Crippen molar-refractivity contribution in [3.63, 3.8) is 0 Å². The van der Waals surface area contributed by atoms with Crippen molar-refractivity contribution >= 4 is 17.2 Å². The molecule has 2 heterocycles. The Bertz CT molecular complexity index is 1370. The van der Waals surface area contributed by atoms with E-state index in [4.69, 9.17) is 14.0 Å². The molecular weight excluding hydrogens is 422 g/mol.